The number of benzene rings is 1. The van der Waals surface area contributed by atoms with Gasteiger partial charge in [-0.2, -0.15) is 0 Å². The van der Waals surface area contributed by atoms with Crippen LogP contribution in [-0.4, -0.2) is 30.1 Å². The molecular formula is C15H22N2O3. The fourth-order valence-electron chi connectivity index (χ4n) is 2.09. The average Bonchev–Trinajstić information content (AvgIpc) is 2.43. The molecule has 1 atom stereocenters. The highest BCUT2D eigenvalue weighted by Crippen LogP contribution is 2.10. The molecule has 4 N–H and O–H groups in total. The summed E-state index contributed by atoms with van der Waals surface area (Å²) in [6.07, 6.45) is 1.96. The van der Waals surface area contributed by atoms with Gasteiger partial charge in [-0.05, 0) is 31.0 Å². The molecule has 20 heavy (non-hydrogen) atoms. The number of carboxylic acid groups (broad SMARTS) is 1. The monoisotopic (exact) mass is 278 g/mol. The van der Waals surface area contributed by atoms with Crippen LogP contribution in [0.2, 0.25) is 0 Å². The Morgan fingerprint density at radius 1 is 1.35 bits per heavy atom. The van der Waals surface area contributed by atoms with E-state index >= 15 is 0 Å². The number of hydrogen-bond donors (Lipinski definition) is 3. The van der Waals surface area contributed by atoms with Gasteiger partial charge in [-0.3, -0.25) is 9.59 Å². The topological polar surface area (TPSA) is 92.4 Å². The van der Waals surface area contributed by atoms with E-state index in [1.165, 1.54) is 0 Å². The van der Waals surface area contributed by atoms with Crippen LogP contribution in [0.3, 0.4) is 0 Å². The maximum atomic E-state index is 12.1. The third-order valence-corrected chi connectivity index (χ3v) is 3.17. The molecule has 1 rings (SSSR count). The Balaban J connectivity index is 2.69. The summed E-state index contributed by atoms with van der Waals surface area (Å²) in [5.74, 6) is -1.65. The molecule has 1 aromatic rings. The summed E-state index contributed by atoms with van der Waals surface area (Å²) in [7, 11) is 0. The van der Waals surface area contributed by atoms with Gasteiger partial charge in [0.15, 0.2) is 0 Å². The van der Waals surface area contributed by atoms with E-state index in [-0.39, 0.29) is 12.5 Å². The highest BCUT2D eigenvalue weighted by atomic mass is 16.4. The maximum Gasteiger partial charge on any atom is 0.308 e. The van der Waals surface area contributed by atoms with Crippen molar-refractivity contribution in [1.82, 2.24) is 5.32 Å². The van der Waals surface area contributed by atoms with Gasteiger partial charge in [0, 0.05) is 12.1 Å². The largest absolute Gasteiger partial charge is 0.481 e. The summed E-state index contributed by atoms with van der Waals surface area (Å²) < 4.78 is 0. The van der Waals surface area contributed by atoms with Crippen molar-refractivity contribution in [2.24, 2.45) is 11.7 Å². The molecule has 5 heteroatoms. The zero-order chi connectivity index (χ0) is 15.0. The smallest absolute Gasteiger partial charge is 0.308 e. The van der Waals surface area contributed by atoms with Gasteiger partial charge >= 0.3 is 5.97 Å². The first-order valence-electron chi connectivity index (χ1n) is 6.89. The summed E-state index contributed by atoms with van der Waals surface area (Å²) in [4.78, 5) is 23.2. The first-order valence-corrected chi connectivity index (χ1v) is 6.89. The molecule has 110 valence electrons. The molecule has 0 aliphatic carbocycles. The molecule has 0 bridgehead atoms. The minimum atomic E-state index is -0.873. The van der Waals surface area contributed by atoms with Crippen LogP contribution in [0, 0.1) is 5.92 Å². The van der Waals surface area contributed by atoms with E-state index < -0.39 is 11.9 Å². The number of hydrogen-bond acceptors (Lipinski definition) is 3. The molecule has 5 nitrogen and oxygen atoms in total. The molecule has 1 unspecified atom stereocenters. The number of carbonyl (C=O) groups is 2. The van der Waals surface area contributed by atoms with Crippen molar-refractivity contribution < 1.29 is 14.7 Å². The molecular weight excluding hydrogens is 256 g/mol. The van der Waals surface area contributed by atoms with E-state index in [1.54, 1.807) is 12.1 Å². The van der Waals surface area contributed by atoms with E-state index in [1.807, 2.05) is 19.1 Å². The van der Waals surface area contributed by atoms with Gasteiger partial charge in [0.05, 0.1) is 5.92 Å². The van der Waals surface area contributed by atoms with E-state index in [0.29, 0.717) is 24.9 Å². The number of nitrogens with one attached hydrogen (secondary N) is 1. The lowest BCUT2D eigenvalue weighted by Crippen LogP contribution is -2.33. The van der Waals surface area contributed by atoms with Crippen LogP contribution in [0.15, 0.2) is 24.3 Å². The summed E-state index contributed by atoms with van der Waals surface area (Å²) in [5.41, 5.74) is 6.97. The summed E-state index contributed by atoms with van der Waals surface area (Å²) >= 11 is 0. The van der Waals surface area contributed by atoms with E-state index in [0.717, 1.165) is 12.0 Å². The van der Waals surface area contributed by atoms with Gasteiger partial charge in [0.1, 0.15) is 0 Å². The quantitative estimate of drug-likeness (QED) is 0.670. The molecule has 0 fully saturated rings. The number of carbonyl (C=O) groups excluding carboxylic acids is 1. The number of amides is 1. The minimum Gasteiger partial charge on any atom is -0.481 e. The summed E-state index contributed by atoms with van der Waals surface area (Å²) in [6, 6.07) is 7.24. The zero-order valence-corrected chi connectivity index (χ0v) is 11.8. The van der Waals surface area contributed by atoms with Gasteiger partial charge < -0.3 is 16.2 Å². The third-order valence-electron chi connectivity index (χ3n) is 3.17. The molecule has 0 radical (unpaired) electrons. The third kappa shape index (κ3) is 4.66. The lowest BCUT2D eigenvalue weighted by Gasteiger charge is -2.14. The zero-order valence-electron chi connectivity index (χ0n) is 11.8. The maximum absolute atomic E-state index is 12.1. The van der Waals surface area contributed by atoms with E-state index in [2.05, 4.69) is 5.32 Å². The Morgan fingerprint density at radius 2 is 2.05 bits per heavy atom. The molecule has 0 saturated carbocycles. The lowest BCUT2D eigenvalue weighted by molar-refractivity contribution is -0.141. The van der Waals surface area contributed by atoms with Gasteiger partial charge in [-0.1, -0.05) is 31.5 Å². The van der Waals surface area contributed by atoms with Crippen molar-refractivity contribution in [3.8, 4) is 0 Å². The molecule has 0 aliphatic rings. The normalized spacial score (nSPS) is 11.9. The Morgan fingerprint density at radius 3 is 2.65 bits per heavy atom. The number of nitrogens with two attached hydrogens (primary N) is 1. The molecule has 1 aromatic carbocycles. The fraction of sp³-hybridized carbons (Fsp3) is 0.467. The molecule has 1 amide bonds. The molecule has 0 aliphatic heterocycles. The van der Waals surface area contributed by atoms with Gasteiger partial charge in [-0.25, -0.2) is 0 Å². The average molecular weight is 278 g/mol. The Kier molecular flexibility index (Phi) is 6.73. The van der Waals surface area contributed by atoms with Crippen LogP contribution in [0.1, 0.15) is 35.7 Å². The van der Waals surface area contributed by atoms with Crippen molar-refractivity contribution in [3.63, 3.8) is 0 Å². The minimum absolute atomic E-state index is 0.152. The first-order chi connectivity index (χ1) is 9.60. The molecule has 0 aromatic heterocycles. The van der Waals surface area contributed by atoms with E-state index in [4.69, 9.17) is 10.8 Å². The SMILES string of the molecule is CCCC(CNC(=O)c1ccccc1CCN)C(=O)O. The second kappa shape index (κ2) is 8.32. The van der Waals surface area contributed by atoms with Crippen LogP contribution in [-0.2, 0) is 11.2 Å². The van der Waals surface area contributed by atoms with Gasteiger partial charge in [-0.15, -0.1) is 0 Å². The van der Waals surface area contributed by atoms with Gasteiger partial charge in [0.2, 0.25) is 0 Å². The second-order valence-corrected chi connectivity index (χ2v) is 4.73. The van der Waals surface area contributed by atoms with Crippen LogP contribution < -0.4 is 11.1 Å². The second-order valence-electron chi connectivity index (χ2n) is 4.73. The van der Waals surface area contributed by atoms with Crippen molar-refractivity contribution >= 4 is 11.9 Å². The van der Waals surface area contributed by atoms with Crippen LogP contribution in [0.4, 0.5) is 0 Å². The van der Waals surface area contributed by atoms with Crippen molar-refractivity contribution in [3.05, 3.63) is 35.4 Å². The molecule has 0 saturated heterocycles. The number of rotatable bonds is 8. The van der Waals surface area contributed by atoms with Crippen molar-refractivity contribution in [2.45, 2.75) is 26.2 Å². The van der Waals surface area contributed by atoms with Crippen LogP contribution in [0.5, 0.6) is 0 Å². The van der Waals surface area contributed by atoms with Crippen LogP contribution >= 0.6 is 0 Å². The highest BCUT2D eigenvalue weighted by Gasteiger charge is 2.18. The highest BCUT2D eigenvalue weighted by molar-refractivity contribution is 5.95. The Bertz CT molecular complexity index is 460. The first kappa shape index (κ1) is 16.2. The number of carboxylic acids is 1. The summed E-state index contributed by atoms with van der Waals surface area (Å²) in [5, 5.41) is 11.8. The Labute approximate surface area is 119 Å². The van der Waals surface area contributed by atoms with Crippen molar-refractivity contribution in [1.29, 1.82) is 0 Å². The predicted molar refractivity (Wildman–Crippen MR) is 77.6 cm³/mol. The Hall–Kier alpha value is -1.88. The molecule has 0 heterocycles. The van der Waals surface area contributed by atoms with E-state index in [9.17, 15) is 9.59 Å². The predicted octanol–water partition coefficient (Wildman–Crippen LogP) is 1.42. The standard InChI is InChI=1S/C15H22N2O3/c1-2-5-12(15(19)20)10-17-14(18)13-7-4-3-6-11(13)8-9-16/h3-4,6-7,12H,2,5,8-10,16H2,1H3,(H,17,18)(H,19,20). The fourth-order valence-corrected chi connectivity index (χ4v) is 2.09. The summed E-state index contributed by atoms with van der Waals surface area (Å²) in [6.45, 7) is 2.55. The lowest BCUT2D eigenvalue weighted by atomic mass is 10.0. The number of aliphatic carboxylic acids is 1. The van der Waals surface area contributed by atoms with Gasteiger partial charge in [0.25, 0.3) is 5.91 Å². The van der Waals surface area contributed by atoms with Crippen molar-refractivity contribution in [2.75, 3.05) is 13.1 Å². The molecule has 0 spiro atoms. The van der Waals surface area contributed by atoms with Crippen LogP contribution in [0.25, 0.3) is 0 Å².